The van der Waals surface area contributed by atoms with Gasteiger partial charge < -0.3 is 20.3 Å². The zero-order valence-corrected chi connectivity index (χ0v) is 16.2. The second-order valence-electron chi connectivity index (χ2n) is 6.84. The van der Waals surface area contributed by atoms with Crippen LogP contribution in [0.2, 0.25) is 0 Å². The quantitative estimate of drug-likeness (QED) is 0.684. The van der Waals surface area contributed by atoms with E-state index in [-0.39, 0.29) is 0 Å². The van der Waals surface area contributed by atoms with E-state index in [1.54, 1.807) is 12.0 Å². The van der Waals surface area contributed by atoms with Crippen LogP contribution in [0.4, 0.5) is 5.69 Å². The van der Waals surface area contributed by atoms with Gasteiger partial charge in [0.1, 0.15) is 12.3 Å². The Morgan fingerprint density at radius 2 is 1.77 bits per heavy atom. The first-order valence-corrected chi connectivity index (χ1v) is 9.74. The van der Waals surface area contributed by atoms with Gasteiger partial charge in [-0.05, 0) is 49.2 Å². The van der Waals surface area contributed by atoms with Crippen LogP contribution < -0.4 is 20.3 Å². The lowest BCUT2D eigenvalue weighted by Gasteiger charge is -2.23. The van der Waals surface area contributed by atoms with Gasteiger partial charge in [-0.3, -0.25) is 0 Å². The lowest BCUT2D eigenvalue weighted by atomic mass is 10.1. The van der Waals surface area contributed by atoms with Crippen LogP contribution in [0.1, 0.15) is 30.4 Å². The predicted octanol–water partition coefficient (Wildman–Crippen LogP) is 2.75. The number of nitrogens with one attached hydrogen (secondary N) is 3. The van der Waals surface area contributed by atoms with Gasteiger partial charge in [0.25, 0.3) is 0 Å². The summed E-state index contributed by atoms with van der Waals surface area (Å²) in [7, 11) is 1.66. The molecule has 0 aliphatic carbocycles. The van der Waals surface area contributed by atoms with Crippen molar-refractivity contribution in [2.24, 2.45) is 0 Å². The summed E-state index contributed by atoms with van der Waals surface area (Å²) in [5, 5.41) is 7.06. The minimum atomic E-state index is 0.611. The van der Waals surface area contributed by atoms with Gasteiger partial charge >= 0.3 is 0 Å². The fraction of sp³-hybridized carbons (Fsp3) is 0.381. The number of piperidine rings is 1. The Labute approximate surface area is 161 Å². The number of benzene rings is 2. The van der Waals surface area contributed by atoms with Crippen LogP contribution in [-0.2, 0) is 13.1 Å². The number of hydrogen-bond donors (Lipinski definition) is 3. The summed E-state index contributed by atoms with van der Waals surface area (Å²) in [6, 6.07) is 16.6. The highest BCUT2D eigenvalue weighted by molar-refractivity contribution is 7.80. The highest BCUT2D eigenvalue weighted by Gasteiger charge is 2.13. The highest BCUT2D eigenvalue weighted by Crippen LogP contribution is 2.16. The molecule has 138 valence electrons. The second kappa shape index (κ2) is 9.55. The molecule has 3 N–H and O–H groups in total. The zero-order chi connectivity index (χ0) is 18.2. The smallest absolute Gasteiger partial charge is 0.171 e. The van der Waals surface area contributed by atoms with E-state index in [4.69, 9.17) is 17.0 Å². The molecule has 1 saturated heterocycles. The standard InChI is InChI=1S/C21H27N3OS/c1-25-20-7-5-6-19(14-20)23-21(26)22-15-17-8-10-18(11-9-17)16-24-12-3-2-4-13-24/h5-11,14H,2-4,12-13,15-16H2,1H3,(H2,22,23,26)/p+1. The summed E-state index contributed by atoms with van der Waals surface area (Å²) in [6.45, 7) is 4.48. The van der Waals surface area contributed by atoms with E-state index >= 15 is 0 Å². The largest absolute Gasteiger partial charge is 0.497 e. The molecule has 3 rings (SSSR count). The Bertz CT molecular complexity index is 711. The van der Waals surface area contributed by atoms with Gasteiger partial charge in [-0.1, -0.05) is 30.3 Å². The van der Waals surface area contributed by atoms with Crippen molar-refractivity contribution >= 4 is 23.0 Å². The first-order valence-electron chi connectivity index (χ1n) is 9.33. The first-order chi connectivity index (χ1) is 12.7. The lowest BCUT2D eigenvalue weighted by molar-refractivity contribution is -0.918. The fourth-order valence-electron chi connectivity index (χ4n) is 3.35. The van der Waals surface area contributed by atoms with Gasteiger partial charge in [-0.15, -0.1) is 0 Å². The summed E-state index contributed by atoms with van der Waals surface area (Å²) in [5.74, 6) is 0.809. The van der Waals surface area contributed by atoms with Crippen LogP contribution in [-0.4, -0.2) is 25.3 Å². The van der Waals surface area contributed by atoms with Crippen LogP contribution in [0, 0.1) is 0 Å². The maximum Gasteiger partial charge on any atom is 0.171 e. The Hall–Kier alpha value is -2.11. The van der Waals surface area contributed by atoms with Crippen LogP contribution in [0.5, 0.6) is 5.75 Å². The highest BCUT2D eigenvalue weighted by atomic mass is 32.1. The summed E-state index contributed by atoms with van der Waals surface area (Å²) >= 11 is 5.38. The van der Waals surface area contributed by atoms with Crippen molar-refractivity contribution in [1.29, 1.82) is 0 Å². The Morgan fingerprint density at radius 3 is 2.50 bits per heavy atom. The number of hydrogen-bond acceptors (Lipinski definition) is 2. The van der Waals surface area contributed by atoms with Crippen LogP contribution in [0.25, 0.3) is 0 Å². The average molecular weight is 371 g/mol. The minimum absolute atomic E-state index is 0.611. The third-order valence-electron chi connectivity index (χ3n) is 4.82. The van der Waals surface area contributed by atoms with Crippen LogP contribution >= 0.6 is 12.2 Å². The Morgan fingerprint density at radius 1 is 1.04 bits per heavy atom. The molecule has 0 radical (unpaired) electrons. The molecule has 0 spiro atoms. The number of quaternary nitrogens is 1. The van der Waals surface area contributed by atoms with Crippen molar-refractivity contribution in [2.45, 2.75) is 32.4 Å². The van der Waals surface area contributed by atoms with Crippen molar-refractivity contribution in [1.82, 2.24) is 5.32 Å². The summed E-state index contributed by atoms with van der Waals surface area (Å²) in [6.07, 6.45) is 4.14. The molecule has 4 nitrogen and oxygen atoms in total. The Kier molecular flexibility index (Phi) is 6.86. The predicted molar refractivity (Wildman–Crippen MR) is 111 cm³/mol. The van der Waals surface area contributed by atoms with Gasteiger partial charge in [0.2, 0.25) is 0 Å². The average Bonchev–Trinajstić information content (AvgIpc) is 2.68. The number of anilines is 1. The van der Waals surface area contributed by atoms with Gasteiger partial charge in [0.15, 0.2) is 5.11 Å². The van der Waals surface area contributed by atoms with E-state index in [1.807, 2.05) is 24.3 Å². The lowest BCUT2D eigenvalue weighted by Crippen LogP contribution is -3.11. The SMILES string of the molecule is COc1cccc(NC(=S)NCc2ccc(C[NH+]3CCCCC3)cc2)c1. The monoisotopic (exact) mass is 370 g/mol. The number of rotatable bonds is 6. The molecular formula is C21H28N3OS+. The van der Waals surface area contributed by atoms with Crippen molar-refractivity contribution in [3.63, 3.8) is 0 Å². The van der Waals surface area contributed by atoms with Crippen LogP contribution in [0.3, 0.4) is 0 Å². The normalized spacial score (nSPS) is 14.7. The second-order valence-corrected chi connectivity index (χ2v) is 7.25. The molecule has 2 aromatic carbocycles. The molecule has 0 aromatic heterocycles. The summed E-state index contributed by atoms with van der Waals surface area (Å²) in [4.78, 5) is 1.71. The van der Waals surface area contributed by atoms with Crippen molar-refractivity contribution < 1.29 is 9.64 Å². The molecule has 1 fully saturated rings. The van der Waals surface area contributed by atoms with Crippen molar-refractivity contribution in [3.8, 4) is 5.75 Å². The molecule has 2 aromatic rings. The van der Waals surface area contributed by atoms with E-state index in [9.17, 15) is 0 Å². The minimum Gasteiger partial charge on any atom is -0.497 e. The number of thiocarbonyl (C=S) groups is 1. The zero-order valence-electron chi connectivity index (χ0n) is 15.4. The summed E-state index contributed by atoms with van der Waals surface area (Å²) < 4.78 is 5.23. The van der Waals surface area contributed by atoms with E-state index in [1.165, 1.54) is 43.5 Å². The van der Waals surface area contributed by atoms with Crippen molar-refractivity contribution in [3.05, 3.63) is 59.7 Å². The molecule has 0 atom stereocenters. The molecule has 0 unspecified atom stereocenters. The van der Waals surface area contributed by atoms with E-state index < -0.39 is 0 Å². The summed E-state index contributed by atoms with van der Waals surface area (Å²) in [5.41, 5.74) is 3.57. The van der Waals surface area contributed by atoms with E-state index in [0.717, 1.165) is 18.0 Å². The van der Waals surface area contributed by atoms with Crippen LogP contribution in [0.15, 0.2) is 48.5 Å². The molecule has 1 aliphatic heterocycles. The van der Waals surface area contributed by atoms with Gasteiger partial charge in [-0.2, -0.15) is 0 Å². The van der Waals surface area contributed by atoms with Gasteiger partial charge in [-0.25, -0.2) is 0 Å². The fourth-order valence-corrected chi connectivity index (χ4v) is 3.54. The third-order valence-corrected chi connectivity index (χ3v) is 5.06. The Balaban J connectivity index is 1.45. The maximum absolute atomic E-state index is 5.38. The van der Waals surface area contributed by atoms with Gasteiger partial charge in [0.05, 0.1) is 20.2 Å². The van der Waals surface area contributed by atoms with Crippen molar-refractivity contribution in [2.75, 3.05) is 25.5 Å². The van der Waals surface area contributed by atoms with E-state index in [2.05, 4.69) is 34.9 Å². The molecule has 5 heteroatoms. The number of methoxy groups -OCH3 is 1. The molecule has 1 aliphatic rings. The maximum atomic E-state index is 5.38. The number of likely N-dealkylation sites (tertiary alicyclic amines) is 1. The molecule has 0 saturated carbocycles. The molecule has 0 bridgehead atoms. The topological polar surface area (TPSA) is 37.7 Å². The number of ether oxygens (including phenoxy) is 1. The van der Waals surface area contributed by atoms with E-state index in [0.29, 0.717) is 11.7 Å². The van der Waals surface area contributed by atoms with Gasteiger partial charge in [0, 0.05) is 23.9 Å². The first kappa shape index (κ1) is 18.7. The molecule has 1 heterocycles. The molecule has 26 heavy (non-hydrogen) atoms. The third kappa shape index (κ3) is 5.71. The molecule has 0 amide bonds. The molecular weight excluding hydrogens is 342 g/mol.